The van der Waals surface area contributed by atoms with Crippen molar-refractivity contribution in [2.24, 2.45) is 0 Å². The summed E-state index contributed by atoms with van der Waals surface area (Å²) in [6.07, 6.45) is 4.03. The molecule has 0 fully saturated rings. The minimum absolute atomic E-state index is 0.503. The van der Waals surface area contributed by atoms with Gasteiger partial charge in [0, 0.05) is 0 Å². The molecule has 2 N–H and O–H groups in total. The normalized spacial score (nSPS) is 12.1. The first-order valence-electron chi connectivity index (χ1n) is 5.73. The predicted molar refractivity (Wildman–Crippen MR) is 72.3 cm³/mol. The highest BCUT2D eigenvalue weighted by Crippen LogP contribution is 2.12. The Morgan fingerprint density at radius 1 is 0.933 bits per heavy atom. The van der Waals surface area contributed by atoms with Gasteiger partial charge in [-0.05, 0) is 24.2 Å². The zero-order chi connectivity index (χ0) is 11.9. The maximum atomic E-state index is 3.86. The Morgan fingerprint density at radius 2 is 1.27 bits per heavy atom. The molecule has 0 spiro atoms. The molecule has 15 heavy (non-hydrogen) atoms. The van der Waals surface area contributed by atoms with Crippen LogP contribution in [0.15, 0.2) is 25.3 Å². The van der Waals surface area contributed by atoms with E-state index in [9.17, 15) is 0 Å². The van der Waals surface area contributed by atoms with Gasteiger partial charge in [0.1, 0.15) is 0 Å². The number of hydrogen-bond acceptors (Lipinski definition) is 2. The van der Waals surface area contributed by atoms with Crippen LogP contribution >= 0.6 is 0 Å². The predicted octanol–water partition coefficient (Wildman–Crippen LogP) is 2.80. The molecule has 0 aromatic rings. The van der Waals surface area contributed by atoms with Crippen molar-refractivity contribution in [2.75, 3.05) is 0 Å². The smallest absolute Gasteiger partial charge is 0.209 e. The fourth-order valence-electron chi connectivity index (χ4n) is 1.96. The summed E-state index contributed by atoms with van der Waals surface area (Å²) in [4.78, 5) is 7.42. The van der Waals surface area contributed by atoms with Gasteiger partial charge < -0.3 is 9.96 Å². The molecule has 0 rings (SSSR count). The van der Waals surface area contributed by atoms with Crippen molar-refractivity contribution in [3.8, 4) is 0 Å². The van der Waals surface area contributed by atoms with Crippen molar-refractivity contribution in [2.45, 2.75) is 51.9 Å². The van der Waals surface area contributed by atoms with Crippen LogP contribution in [0.25, 0.3) is 0 Å². The molecule has 2 nitrogen and oxygen atoms in total. The molecule has 0 heterocycles. The van der Waals surface area contributed by atoms with Gasteiger partial charge in [-0.3, -0.25) is 0 Å². The quantitative estimate of drug-likeness (QED) is 0.491. The summed E-state index contributed by atoms with van der Waals surface area (Å²) in [6.45, 7) is 16.5. The van der Waals surface area contributed by atoms with Crippen LogP contribution in [0.3, 0.4) is 0 Å². The molecule has 0 unspecified atom stereocenters. The first-order valence-corrected chi connectivity index (χ1v) is 8.14. The Labute approximate surface area is 96.0 Å². The molecule has 0 aliphatic heterocycles. The zero-order valence-corrected chi connectivity index (χ0v) is 11.6. The molecule has 0 saturated carbocycles. The van der Waals surface area contributed by atoms with E-state index in [1.54, 1.807) is 0 Å². The van der Waals surface area contributed by atoms with Crippen LogP contribution in [0.5, 0.6) is 0 Å². The SMILES string of the molecule is C=CC[Si](CC=C)(NC(C)C)NC(C)C. The van der Waals surface area contributed by atoms with Gasteiger partial charge in [0.15, 0.2) is 0 Å². The van der Waals surface area contributed by atoms with Crippen LogP contribution in [-0.2, 0) is 0 Å². The molecule has 0 bridgehead atoms. The third kappa shape index (κ3) is 5.92. The van der Waals surface area contributed by atoms with Gasteiger partial charge in [-0.15, -0.1) is 13.2 Å². The van der Waals surface area contributed by atoms with Crippen molar-refractivity contribution < 1.29 is 0 Å². The Hall–Kier alpha value is -0.383. The molecule has 3 heteroatoms. The van der Waals surface area contributed by atoms with Gasteiger partial charge in [0.05, 0.1) is 0 Å². The van der Waals surface area contributed by atoms with Gasteiger partial charge in [-0.2, -0.15) is 0 Å². The highest BCUT2D eigenvalue weighted by atomic mass is 28.3. The lowest BCUT2D eigenvalue weighted by molar-refractivity contribution is 0.656. The summed E-state index contributed by atoms with van der Waals surface area (Å²) in [5.41, 5.74) is 0. The summed E-state index contributed by atoms with van der Waals surface area (Å²) in [5, 5.41) is 0. The lowest BCUT2D eigenvalue weighted by Crippen LogP contribution is -2.65. The average Bonchev–Trinajstić information content (AvgIpc) is 2.01. The lowest BCUT2D eigenvalue weighted by atomic mass is 10.4. The Bertz CT molecular complexity index is 178. The molecule has 0 amide bonds. The molecular formula is C12H26N2Si. The Morgan fingerprint density at radius 3 is 1.47 bits per heavy atom. The third-order valence-electron chi connectivity index (χ3n) is 2.12. The molecule has 0 aromatic carbocycles. The van der Waals surface area contributed by atoms with E-state index in [2.05, 4.69) is 50.8 Å². The minimum Gasteiger partial charge on any atom is -0.323 e. The summed E-state index contributed by atoms with van der Waals surface area (Å²) in [5.74, 6) is 0. The van der Waals surface area contributed by atoms with Crippen molar-refractivity contribution in [1.82, 2.24) is 9.96 Å². The molecule has 0 aliphatic rings. The molecule has 0 aliphatic carbocycles. The van der Waals surface area contributed by atoms with Gasteiger partial charge in [0.2, 0.25) is 8.40 Å². The zero-order valence-electron chi connectivity index (χ0n) is 10.6. The highest BCUT2D eigenvalue weighted by molar-refractivity contribution is 6.76. The van der Waals surface area contributed by atoms with E-state index in [1.807, 2.05) is 12.2 Å². The first kappa shape index (κ1) is 14.6. The second kappa shape index (κ2) is 6.98. The lowest BCUT2D eigenvalue weighted by Gasteiger charge is -2.35. The third-order valence-corrected chi connectivity index (χ3v) is 6.35. The molecule has 0 aromatic heterocycles. The first-order chi connectivity index (χ1) is 6.95. The maximum absolute atomic E-state index is 3.86. The second-order valence-electron chi connectivity index (χ2n) is 4.67. The fraction of sp³-hybridized carbons (Fsp3) is 0.667. The molecule has 0 saturated heterocycles. The van der Waals surface area contributed by atoms with E-state index in [-0.39, 0.29) is 0 Å². The van der Waals surface area contributed by atoms with Crippen LogP contribution in [0.1, 0.15) is 27.7 Å². The van der Waals surface area contributed by atoms with E-state index in [0.717, 1.165) is 12.1 Å². The van der Waals surface area contributed by atoms with Crippen molar-refractivity contribution in [3.63, 3.8) is 0 Å². The largest absolute Gasteiger partial charge is 0.323 e. The van der Waals surface area contributed by atoms with Gasteiger partial charge in [0.25, 0.3) is 0 Å². The fourth-order valence-corrected chi connectivity index (χ4v) is 5.88. The van der Waals surface area contributed by atoms with Gasteiger partial charge in [-0.1, -0.05) is 39.8 Å². The van der Waals surface area contributed by atoms with Crippen LogP contribution in [-0.4, -0.2) is 20.5 Å². The number of nitrogens with one attached hydrogen (secondary N) is 2. The van der Waals surface area contributed by atoms with E-state index >= 15 is 0 Å². The molecule has 0 atom stereocenters. The topological polar surface area (TPSA) is 24.1 Å². The van der Waals surface area contributed by atoms with Crippen LogP contribution in [0.2, 0.25) is 12.1 Å². The Kier molecular flexibility index (Phi) is 6.81. The highest BCUT2D eigenvalue weighted by Gasteiger charge is 2.31. The summed E-state index contributed by atoms with van der Waals surface area (Å²) >= 11 is 0. The minimum atomic E-state index is -1.66. The summed E-state index contributed by atoms with van der Waals surface area (Å²) < 4.78 is 0. The molecule has 88 valence electrons. The van der Waals surface area contributed by atoms with Crippen LogP contribution in [0, 0.1) is 0 Å². The van der Waals surface area contributed by atoms with Gasteiger partial charge >= 0.3 is 0 Å². The van der Waals surface area contributed by atoms with E-state index in [1.165, 1.54) is 0 Å². The Balaban J connectivity index is 4.69. The van der Waals surface area contributed by atoms with Crippen molar-refractivity contribution in [3.05, 3.63) is 25.3 Å². The summed E-state index contributed by atoms with van der Waals surface area (Å²) in [6, 6.07) is 3.08. The molecule has 0 radical (unpaired) electrons. The van der Waals surface area contributed by atoms with Crippen LogP contribution < -0.4 is 9.96 Å². The van der Waals surface area contributed by atoms with E-state index < -0.39 is 8.40 Å². The maximum Gasteiger partial charge on any atom is 0.209 e. The number of allylic oxidation sites excluding steroid dienone is 2. The second-order valence-corrected chi connectivity index (χ2v) is 8.22. The number of hydrogen-bond donors (Lipinski definition) is 2. The van der Waals surface area contributed by atoms with E-state index in [0.29, 0.717) is 12.1 Å². The standard InChI is InChI=1S/C12H26N2Si/c1-7-9-15(10-8-2,13-11(3)4)14-12(5)6/h7-8,11-14H,1-2,9-10H2,3-6H3. The van der Waals surface area contributed by atoms with Gasteiger partial charge in [-0.25, -0.2) is 0 Å². The van der Waals surface area contributed by atoms with E-state index in [4.69, 9.17) is 0 Å². The monoisotopic (exact) mass is 226 g/mol. The average molecular weight is 226 g/mol. The number of rotatable bonds is 8. The molecular weight excluding hydrogens is 200 g/mol. The van der Waals surface area contributed by atoms with Crippen molar-refractivity contribution in [1.29, 1.82) is 0 Å². The van der Waals surface area contributed by atoms with Crippen molar-refractivity contribution >= 4 is 8.40 Å². The van der Waals surface area contributed by atoms with Crippen LogP contribution in [0.4, 0.5) is 0 Å². The summed E-state index contributed by atoms with van der Waals surface area (Å²) in [7, 11) is -1.66.